The maximum atomic E-state index is 13.0. The molecule has 27 heavy (non-hydrogen) atoms. The molecule has 1 heterocycles. The second-order valence-electron chi connectivity index (χ2n) is 5.86. The van der Waals surface area contributed by atoms with E-state index < -0.39 is 17.8 Å². The van der Waals surface area contributed by atoms with Crippen molar-refractivity contribution in [2.75, 3.05) is 11.5 Å². The summed E-state index contributed by atoms with van der Waals surface area (Å²) < 4.78 is 6.37. The average molecular weight is 429 g/mol. The number of amides is 4. The molecule has 0 spiro atoms. The number of aryl methyl sites for hydroxylation is 1. The Bertz CT molecular complexity index is 968. The molecule has 0 unspecified atom stereocenters. The maximum Gasteiger partial charge on any atom is 0.335 e. The van der Waals surface area contributed by atoms with Gasteiger partial charge in [-0.25, -0.2) is 9.69 Å². The van der Waals surface area contributed by atoms with Crippen LogP contribution in [0.4, 0.5) is 10.5 Å². The van der Waals surface area contributed by atoms with Gasteiger partial charge < -0.3 is 4.74 Å². The molecular weight excluding hydrogens is 412 g/mol. The second kappa shape index (κ2) is 7.75. The van der Waals surface area contributed by atoms with E-state index in [2.05, 4.69) is 21.2 Å². The zero-order chi connectivity index (χ0) is 19.6. The van der Waals surface area contributed by atoms with Crippen molar-refractivity contribution >= 4 is 45.5 Å². The number of nitrogens with zero attached hydrogens (tertiary/aromatic N) is 1. The van der Waals surface area contributed by atoms with Crippen molar-refractivity contribution in [1.29, 1.82) is 0 Å². The monoisotopic (exact) mass is 428 g/mol. The number of ether oxygens (including phenoxy) is 1. The lowest BCUT2D eigenvalue weighted by atomic mass is 10.1. The Morgan fingerprint density at radius 2 is 1.89 bits per heavy atom. The molecule has 0 radical (unpaired) electrons. The lowest BCUT2D eigenvalue weighted by Crippen LogP contribution is -2.54. The fraction of sp³-hybridized carbons (Fsp3) is 0.150. The third kappa shape index (κ3) is 3.78. The van der Waals surface area contributed by atoms with Crippen LogP contribution in [0, 0.1) is 6.92 Å². The molecule has 0 aliphatic carbocycles. The van der Waals surface area contributed by atoms with Gasteiger partial charge in [0.15, 0.2) is 0 Å². The second-order valence-corrected chi connectivity index (χ2v) is 6.78. The van der Waals surface area contributed by atoms with Gasteiger partial charge in [0.05, 0.1) is 12.3 Å². The standard InChI is InChI=1S/C20H17BrN2O4/c1-3-27-17-7-5-4-6-13(17)11-15-18(24)22-20(26)23(19(15)25)16-9-8-14(21)10-12(16)2/h4-11H,3H2,1-2H3,(H,22,24,26)/b15-11+. The van der Waals surface area contributed by atoms with Crippen LogP contribution in [0.1, 0.15) is 18.1 Å². The number of imide groups is 2. The lowest BCUT2D eigenvalue weighted by Gasteiger charge is -2.27. The number of rotatable bonds is 4. The van der Waals surface area contributed by atoms with Crippen LogP contribution in [-0.2, 0) is 9.59 Å². The highest BCUT2D eigenvalue weighted by atomic mass is 79.9. The van der Waals surface area contributed by atoms with Gasteiger partial charge in [-0.15, -0.1) is 0 Å². The number of hydrogen-bond acceptors (Lipinski definition) is 4. The number of anilines is 1. The summed E-state index contributed by atoms with van der Waals surface area (Å²) in [6.45, 7) is 4.08. The summed E-state index contributed by atoms with van der Waals surface area (Å²) in [5, 5.41) is 2.23. The molecule has 1 aliphatic heterocycles. The van der Waals surface area contributed by atoms with Crippen molar-refractivity contribution in [3.63, 3.8) is 0 Å². The minimum Gasteiger partial charge on any atom is -0.493 e. The highest BCUT2D eigenvalue weighted by Crippen LogP contribution is 2.28. The molecule has 2 aromatic carbocycles. The number of nitrogens with one attached hydrogen (secondary N) is 1. The quantitative estimate of drug-likeness (QED) is 0.592. The summed E-state index contributed by atoms with van der Waals surface area (Å²) in [5.74, 6) is -0.862. The van der Waals surface area contributed by atoms with E-state index in [0.29, 0.717) is 23.6 Å². The summed E-state index contributed by atoms with van der Waals surface area (Å²) in [7, 11) is 0. The van der Waals surface area contributed by atoms with E-state index in [4.69, 9.17) is 4.74 Å². The Balaban J connectivity index is 2.05. The first kappa shape index (κ1) is 18.8. The number of carbonyl (C=O) groups is 3. The first-order chi connectivity index (χ1) is 12.9. The van der Waals surface area contributed by atoms with Crippen LogP contribution >= 0.6 is 15.9 Å². The molecule has 0 saturated carbocycles. The van der Waals surface area contributed by atoms with E-state index in [1.54, 1.807) is 49.4 Å². The van der Waals surface area contributed by atoms with Crippen LogP contribution in [0.25, 0.3) is 6.08 Å². The number of barbiturate groups is 1. The fourth-order valence-electron chi connectivity index (χ4n) is 2.79. The van der Waals surface area contributed by atoms with Crippen LogP contribution in [0.3, 0.4) is 0 Å². The van der Waals surface area contributed by atoms with Crippen molar-refractivity contribution in [3.8, 4) is 5.75 Å². The number of benzene rings is 2. The van der Waals surface area contributed by atoms with Gasteiger partial charge in [-0.2, -0.15) is 0 Å². The Morgan fingerprint density at radius 1 is 1.15 bits per heavy atom. The van der Waals surface area contributed by atoms with Crippen molar-refractivity contribution in [2.45, 2.75) is 13.8 Å². The molecule has 1 N–H and O–H groups in total. The summed E-state index contributed by atoms with van der Waals surface area (Å²) >= 11 is 3.36. The molecule has 6 nitrogen and oxygen atoms in total. The van der Waals surface area contributed by atoms with Crippen LogP contribution in [0.5, 0.6) is 5.75 Å². The summed E-state index contributed by atoms with van der Waals surface area (Å²) in [5.41, 5.74) is 1.58. The molecule has 7 heteroatoms. The average Bonchev–Trinajstić information content (AvgIpc) is 2.62. The molecule has 0 atom stereocenters. The van der Waals surface area contributed by atoms with E-state index in [-0.39, 0.29) is 5.57 Å². The van der Waals surface area contributed by atoms with Crippen LogP contribution < -0.4 is 15.0 Å². The van der Waals surface area contributed by atoms with Gasteiger partial charge >= 0.3 is 6.03 Å². The van der Waals surface area contributed by atoms with Crippen LogP contribution in [0.2, 0.25) is 0 Å². The Hall–Kier alpha value is -2.93. The Morgan fingerprint density at radius 3 is 2.59 bits per heavy atom. The van der Waals surface area contributed by atoms with E-state index in [1.165, 1.54) is 6.08 Å². The van der Waals surface area contributed by atoms with Gasteiger partial charge in [0.2, 0.25) is 0 Å². The van der Waals surface area contributed by atoms with Gasteiger partial charge in [0.25, 0.3) is 11.8 Å². The summed E-state index contributed by atoms with van der Waals surface area (Å²) in [6.07, 6.45) is 1.44. The lowest BCUT2D eigenvalue weighted by molar-refractivity contribution is -0.122. The van der Waals surface area contributed by atoms with Crippen molar-refractivity contribution < 1.29 is 19.1 Å². The van der Waals surface area contributed by atoms with E-state index in [1.807, 2.05) is 6.92 Å². The van der Waals surface area contributed by atoms with Crippen molar-refractivity contribution in [3.05, 3.63) is 63.6 Å². The predicted octanol–water partition coefficient (Wildman–Crippen LogP) is 3.82. The molecule has 2 aromatic rings. The first-order valence-corrected chi connectivity index (χ1v) is 9.11. The fourth-order valence-corrected chi connectivity index (χ4v) is 3.26. The smallest absolute Gasteiger partial charge is 0.335 e. The number of hydrogen-bond donors (Lipinski definition) is 1. The van der Waals surface area contributed by atoms with Gasteiger partial charge in [-0.1, -0.05) is 34.1 Å². The van der Waals surface area contributed by atoms with Crippen LogP contribution in [-0.4, -0.2) is 24.5 Å². The molecule has 0 aromatic heterocycles. The highest BCUT2D eigenvalue weighted by molar-refractivity contribution is 9.10. The van der Waals surface area contributed by atoms with Crippen molar-refractivity contribution in [2.24, 2.45) is 0 Å². The normalized spacial score (nSPS) is 15.9. The third-order valence-electron chi connectivity index (χ3n) is 4.02. The minimum absolute atomic E-state index is 0.135. The Labute approximate surface area is 164 Å². The molecular formula is C20H17BrN2O4. The van der Waals surface area contributed by atoms with Gasteiger partial charge in [0.1, 0.15) is 11.3 Å². The SMILES string of the molecule is CCOc1ccccc1/C=C1\C(=O)NC(=O)N(c2ccc(Br)cc2C)C1=O. The van der Waals surface area contributed by atoms with Crippen LogP contribution in [0.15, 0.2) is 52.5 Å². The molecule has 1 aliphatic rings. The molecule has 0 bridgehead atoms. The number of carbonyl (C=O) groups excluding carboxylic acids is 3. The van der Waals surface area contributed by atoms with E-state index in [0.717, 1.165) is 14.9 Å². The van der Waals surface area contributed by atoms with Gasteiger partial charge in [0, 0.05) is 10.0 Å². The zero-order valence-corrected chi connectivity index (χ0v) is 16.4. The first-order valence-electron chi connectivity index (χ1n) is 8.31. The highest BCUT2D eigenvalue weighted by Gasteiger charge is 2.37. The van der Waals surface area contributed by atoms with Gasteiger partial charge in [-0.3, -0.25) is 14.9 Å². The molecule has 4 amide bonds. The van der Waals surface area contributed by atoms with E-state index in [9.17, 15) is 14.4 Å². The molecule has 1 saturated heterocycles. The van der Waals surface area contributed by atoms with Gasteiger partial charge in [-0.05, 0) is 49.8 Å². The summed E-state index contributed by atoms with van der Waals surface area (Å²) in [6, 6.07) is 11.5. The summed E-state index contributed by atoms with van der Waals surface area (Å²) in [4.78, 5) is 38.6. The minimum atomic E-state index is -0.773. The zero-order valence-electron chi connectivity index (χ0n) is 14.8. The predicted molar refractivity (Wildman–Crippen MR) is 105 cm³/mol. The van der Waals surface area contributed by atoms with E-state index >= 15 is 0 Å². The third-order valence-corrected chi connectivity index (χ3v) is 4.51. The Kier molecular flexibility index (Phi) is 5.41. The molecule has 3 rings (SSSR count). The largest absolute Gasteiger partial charge is 0.493 e. The number of halogens is 1. The molecule has 138 valence electrons. The molecule has 1 fully saturated rings. The number of urea groups is 1. The maximum absolute atomic E-state index is 13.0. The number of para-hydroxylation sites is 1. The van der Waals surface area contributed by atoms with Crippen molar-refractivity contribution in [1.82, 2.24) is 5.32 Å². The topological polar surface area (TPSA) is 75.7 Å².